The lowest BCUT2D eigenvalue weighted by atomic mass is 10.2. The van der Waals surface area contributed by atoms with Crippen LogP contribution in [0.5, 0.6) is 0 Å². The molecular weight excluding hydrogens is 222 g/mol. The first-order valence-electron chi connectivity index (χ1n) is 6.40. The molecule has 0 spiro atoms. The summed E-state index contributed by atoms with van der Waals surface area (Å²) in [5, 5.41) is 3.25. The first-order valence-corrected chi connectivity index (χ1v) is 6.40. The summed E-state index contributed by atoms with van der Waals surface area (Å²) in [6.07, 6.45) is 3.63. The van der Waals surface area contributed by atoms with Gasteiger partial charge in [0.25, 0.3) is 0 Å². The van der Waals surface area contributed by atoms with E-state index in [0.29, 0.717) is 5.92 Å². The van der Waals surface area contributed by atoms with E-state index in [1.54, 1.807) is 0 Å². The van der Waals surface area contributed by atoms with Crippen LogP contribution in [0, 0.1) is 0 Å². The SMILES string of the molecule is CC.CC(C)c1ncc(Nc2ccccc2)cn1. The van der Waals surface area contributed by atoms with Crippen molar-refractivity contribution in [1.82, 2.24) is 9.97 Å². The first kappa shape index (κ1) is 14.2. The Kier molecular flexibility index (Phi) is 5.85. The molecule has 3 heteroatoms. The Labute approximate surface area is 109 Å². The fourth-order valence-corrected chi connectivity index (χ4v) is 1.39. The molecule has 0 unspecified atom stereocenters. The third kappa shape index (κ3) is 4.17. The highest BCUT2D eigenvalue weighted by Gasteiger charge is 2.01. The molecule has 0 bridgehead atoms. The summed E-state index contributed by atoms with van der Waals surface area (Å²) in [5.41, 5.74) is 1.96. The molecule has 3 nitrogen and oxygen atoms in total. The van der Waals surface area contributed by atoms with Crippen LogP contribution in [0.3, 0.4) is 0 Å². The number of para-hydroxylation sites is 1. The van der Waals surface area contributed by atoms with Gasteiger partial charge in [-0.2, -0.15) is 0 Å². The summed E-state index contributed by atoms with van der Waals surface area (Å²) < 4.78 is 0. The topological polar surface area (TPSA) is 37.8 Å². The van der Waals surface area contributed by atoms with Crippen LogP contribution in [0.1, 0.15) is 39.4 Å². The minimum Gasteiger partial charge on any atom is -0.353 e. The van der Waals surface area contributed by atoms with Crippen molar-refractivity contribution in [2.75, 3.05) is 5.32 Å². The number of hydrogen-bond donors (Lipinski definition) is 1. The fourth-order valence-electron chi connectivity index (χ4n) is 1.39. The maximum Gasteiger partial charge on any atom is 0.130 e. The largest absolute Gasteiger partial charge is 0.353 e. The average molecular weight is 243 g/mol. The van der Waals surface area contributed by atoms with Gasteiger partial charge in [-0.3, -0.25) is 0 Å². The normalized spacial score (nSPS) is 9.61. The predicted octanol–water partition coefficient (Wildman–Crippen LogP) is 4.37. The number of anilines is 2. The molecule has 1 N–H and O–H groups in total. The Hall–Kier alpha value is -1.90. The van der Waals surface area contributed by atoms with E-state index < -0.39 is 0 Å². The van der Waals surface area contributed by atoms with Gasteiger partial charge in [-0.05, 0) is 12.1 Å². The third-order valence-electron chi connectivity index (χ3n) is 2.25. The van der Waals surface area contributed by atoms with Gasteiger partial charge < -0.3 is 5.32 Å². The number of benzene rings is 1. The van der Waals surface area contributed by atoms with Crippen molar-refractivity contribution in [1.29, 1.82) is 0 Å². The predicted molar refractivity (Wildman–Crippen MR) is 77.2 cm³/mol. The lowest BCUT2D eigenvalue weighted by Gasteiger charge is -2.07. The van der Waals surface area contributed by atoms with E-state index >= 15 is 0 Å². The van der Waals surface area contributed by atoms with Crippen molar-refractivity contribution in [3.63, 3.8) is 0 Å². The van der Waals surface area contributed by atoms with Gasteiger partial charge in [0.15, 0.2) is 0 Å². The maximum atomic E-state index is 4.30. The van der Waals surface area contributed by atoms with Gasteiger partial charge in [-0.15, -0.1) is 0 Å². The number of nitrogens with zero attached hydrogens (tertiary/aromatic N) is 2. The van der Waals surface area contributed by atoms with E-state index in [9.17, 15) is 0 Å². The molecule has 1 aromatic heterocycles. The van der Waals surface area contributed by atoms with Crippen LogP contribution >= 0.6 is 0 Å². The molecule has 1 aromatic carbocycles. The molecule has 2 rings (SSSR count). The number of nitrogens with one attached hydrogen (secondary N) is 1. The molecule has 0 atom stereocenters. The maximum absolute atomic E-state index is 4.30. The van der Waals surface area contributed by atoms with Crippen LogP contribution in [0.4, 0.5) is 11.4 Å². The van der Waals surface area contributed by atoms with E-state index in [-0.39, 0.29) is 0 Å². The highest BCUT2D eigenvalue weighted by atomic mass is 15.0. The second-order valence-corrected chi connectivity index (χ2v) is 3.98. The molecule has 0 radical (unpaired) electrons. The van der Waals surface area contributed by atoms with Crippen LogP contribution in [0.2, 0.25) is 0 Å². The Morgan fingerprint density at radius 3 is 1.94 bits per heavy atom. The molecule has 0 saturated carbocycles. The number of rotatable bonds is 3. The van der Waals surface area contributed by atoms with Crippen molar-refractivity contribution in [3.8, 4) is 0 Å². The Morgan fingerprint density at radius 2 is 1.44 bits per heavy atom. The summed E-state index contributed by atoms with van der Waals surface area (Å²) in [4.78, 5) is 8.60. The number of hydrogen-bond acceptors (Lipinski definition) is 3. The van der Waals surface area contributed by atoms with Crippen molar-refractivity contribution in [2.45, 2.75) is 33.6 Å². The molecule has 18 heavy (non-hydrogen) atoms. The van der Waals surface area contributed by atoms with Gasteiger partial charge in [0, 0.05) is 11.6 Å². The second kappa shape index (κ2) is 7.43. The molecule has 0 aliphatic heterocycles. The molecule has 96 valence electrons. The van der Waals surface area contributed by atoms with Crippen LogP contribution < -0.4 is 5.32 Å². The van der Waals surface area contributed by atoms with Crippen LogP contribution in [-0.4, -0.2) is 9.97 Å². The summed E-state index contributed by atoms with van der Waals surface area (Å²) >= 11 is 0. The van der Waals surface area contributed by atoms with Gasteiger partial charge in [-0.1, -0.05) is 45.9 Å². The molecule has 0 fully saturated rings. The third-order valence-corrected chi connectivity index (χ3v) is 2.25. The first-order chi connectivity index (χ1) is 8.75. The molecule has 0 aliphatic rings. The molecule has 0 amide bonds. The van der Waals surface area contributed by atoms with Crippen molar-refractivity contribution < 1.29 is 0 Å². The van der Waals surface area contributed by atoms with Gasteiger partial charge in [0.1, 0.15) is 5.82 Å². The van der Waals surface area contributed by atoms with Crippen molar-refractivity contribution in [3.05, 3.63) is 48.5 Å². The quantitative estimate of drug-likeness (QED) is 0.869. The molecule has 0 saturated heterocycles. The lowest BCUT2D eigenvalue weighted by molar-refractivity contribution is 0.775. The fraction of sp³-hybridized carbons (Fsp3) is 0.333. The van der Waals surface area contributed by atoms with Crippen molar-refractivity contribution >= 4 is 11.4 Å². The van der Waals surface area contributed by atoms with E-state index in [2.05, 4.69) is 29.1 Å². The molecule has 0 aliphatic carbocycles. The van der Waals surface area contributed by atoms with Gasteiger partial charge in [0.2, 0.25) is 0 Å². The highest BCUT2D eigenvalue weighted by Crippen LogP contribution is 2.15. The van der Waals surface area contributed by atoms with E-state index in [1.165, 1.54) is 0 Å². The monoisotopic (exact) mass is 243 g/mol. The zero-order chi connectivity index (χ0) is 13.4. The van der Waals surface area contributed by atoms with Crippen molar-refractivity contribution in [2.24, 2.45) is 0 Å². The van der Waals surface area contributed by atoms with Crippen LogP contribution in [-0.2, 0) is 0 Å². The van der Waals surface area contributed by atoms with E-state index in [1.807, 2.05) is 56.6 Å². The zero-order valence-electron chi connectivity index (χ0n) is 11.5. The van der Waals surface area contributed by atoms with Gasteiger partial charge in [0.05, 0.1) is 18.1 Å². The second-order valence-electron chi connectivity index (χ2n) is 3.98. The van der Waals surface area contributed by atoms with Crippen LogP contribution in [0.25, 0.3) is 0 Å². The van der Waals surface area contributed by atoms with Crippen LogP contribution in [0.15, 0.2) is 42.7 Å². The average Bonchev–Trinajstić information content (AvgIpc) is 2.43. The summed E-state index contributed by atoms with van der Waals surface area (Å²) in [6, 6.07) is 9.99. The minimum absolute atomic E-state index is 0.366. The minimum atomic E-state index is 0.366. The summed E-state index contributed by atoms with van der Waals surface area (Å²) in [6.45, 7) is 8.17. The summed E-state index contributed by atoms with van der Waals surface area (Å²) in [7, 11) is 0. The number of aromatic nitrogens is 2. The smallest absolute Gasteiger partial charge is 0.130 e. The molecule has 2 aromatic rings. The Morgan fingerprint density at radius 1 is 0.889 bits per heavy atom. The van der Waals surface area contributed by atoms with E-state index in [4.69, 9.17) is 0 Å². The van der Waals surface area contributed by atoms with Gasteiger partial charge >= 0.3 is 0 Å². The van der Waals surface area contributed by atoms with E-state index in [0.717, 1.165) is 17.2 Å². The standard InChI is InChI=1S/C13H15N3.C2H6/c1-10(2)13-14-8-12(9-15-13)16-11-6-4-3-5-7-11;1-2/h3-10,16H,1-2H3;1-2H3. The molecule has 1 heterocycles. The lowest BCUT2D eigenvalue weighted by Crippen LogP contribution is -1.98. The van der Waals surface area contributed by atoms with Gasteiger partial charge in [-0.25, -0.2) is 9.97 Å². The summed E-state index contributed by atoms with van der Waals surface area (Å²) in [5.74, 6) is 1.24. The zero-order valence-corrected chi connectivity index (χ0v) is 11.5. The highest BCUT2D eigenvalue weighted by molar-refractivity contribution is 5.57. The Balaban J connectivity index is 0.000000771. The molecular formula is C15H21N3. The Bertz CT molecular complexity index is 435.